The van der Waals surface area contributed by atoms with Crippen molar-refractivity contribution in [2.24, 2.45) is 0 Å². The van der Waals surface area contributed by atoms with Gasteiger partial charge in [-0.05, 0) is 24.3 Å². The summed E-state index contributed by atoms with van der Waals surface area (Å²) in [6.45, 7) is 0. The Morgan fingerprint density at radius 2 is 1.65 bits per heavy atom. The van der Waals surface area contributed by atoms with E-state index in [1.165, 1.54) is 0 Å². The van der Waals surface area contributed by atoms with Gasteiger partial charge in [-0.25, -0.2) is 4.98 Å². The molecule has 0 aliphatic carbocycles. The third kappa shape index (κ3) is 2.18. The zero-order valence-corrected chi connectivity index (χ0v) is 11.9. The van der Waals surface area contributed by atoms with E-state index in [1.807, 2.05) is 36.4 Å². The molecule has 0 amide bonds. The molecule has 0 spiro atoms. The molecule has 1 aromatic heterocycles. The van der Waals surface area contributed by atoms with Crippen molar-refractivity contribution in [2.75, 3.05) is 14.2 Å². The van der Waals surface area contributed by atoms with Gasteiger partial charge < -0.3 is 14.5 Å². The standard InChI is InChI=1S/C15H13ClN2O2/c1-19-13-7-11-12(8-14(13)20-2)18-15(17-11)9-3-5-10(16)6-4-9/h3-8H,1-2H3,(H,17,18). The van der Waals surface area contributed by atoms with Gasteiger partial charge in [-0.15, -0.1) is 0 Å². The van der Waals surface area contributed by atoms with Crippen molar-refractivity contribution in [3.05, 3.63) is 41.4 Å². The van der Waals surface area contributed by atoms with E-state index < -0.39 is 0 Å². The molecule has 0 fully saturated rings. The number of methoxy groups -OCH3 is 2. The highest BCUT2D eigenvalue weighted by Crippen LogP contribution is 2.32. The smallest absolute Gasteiger partial charge is 0.163 e. The van der Waals surface area contributed by atoms with Gasteiger partial charge in [-0.1, -0.05) is 11.6 Å². The van der Waals surface area contributed by atoms with Crippen LogP contribution in [0.3, 0.4) is 0 Å². The van der Waals surface area contributed by atoms with Crippen LogP contribution in [0, 0.1) is 0 Å². The Balaban J connectivity index is 2.12. The molecule has 4 nitrogen and oxygen atoms in total. The minimum absolute atomic E-state index is 0.661. The van der Waals surface area contributed by atoms with Gasteiger partial charge in [-0.3, -0.25) is 0 Å². The number of fused-ring (bicyclic) bond motifs is 1. The highest BCUT2D eigenvalue weighted by atomic mass is 35.5. The van der Waals surface area contributed by atoms with Crippen LogP contribution in [-0.4, -0.2) is 24.2 Å². The normalized spacial score (nSPS) is 10.8. The molecule has 0 aliphatic rings. The Hall–Kier alpha value is -2.20. The third-order valence-corrected chi connectivity index (χ3v) is 3.36. The number of nitrogens with one attached hydrogen (secondary N) is 1. The van der Waals surface area contributed by atoms with Crippen LogP contribution in [0.4, 0.5) is 0 Å². The monoisotopic (exact) mass is 288 g/mol. The Labute approximate surface area is 121 Å². The summed E-state index contributed by atoms with van der Waals surface area (Å²) in [5.41, 5.74) is 2.70. The van der Waals surface area contributed by atoms with Crippen molar-refractivity contribution in [2.45, 2.75) is 0 Å². The van der Waals surface area contributed by atoms with Gasteiger partial charge in [0.25, 0.3) is 0 Å². The van der Waals surface area contributed by atoms with E-state index in [-0.39, 0.29) is 0 Å². The molecule has 0 radical (unpaired) electrons. The SMILES string of the molecule is COc1cc2nc(-c3ccc(Cl)cc3)[nH]c2cc1OC. The Morgan fingerprint density at radius 3 is 2.30 bits per heavy atom. The van der Waals surface area contributed by atoms with Crippen LogP contribution in [0.15, 0.2) is 36.4 Å². The number of hydrogen-bond acceptors (Lipinski definition) is 3. The number of hydrogen-bond donors (Lipinski definition) is 1. The molecule has 0 saturated carbocycles. The van der Waals surface area contributed by atoms with Crippen LogP contribution >= 0.6 is 11.6 Å². The molecule has 0 saturated heterocycles. The fourth-order valence-electron chi connectivity index (χ4n) is 2.08. The average Bonchev–Trinajstić information content (AvgIpc) is 2.89. The number of nitrogens with zero attached hydrogens (tertiary/aromatic N) is 1. The van der Waals surface area contributed by atoms with E-state index in [9.17, 15) is 0 Å². The second-order valence-corrected chi connectivity index (χ2v) is 4.75. The lowest BCUT2D eigenvalue weighted by atomic mass is 10.2. The van der Waals surface area contributed by atoms with Crippen molar-refractivity contribution in [1.82, 2.24) is 9.97 Å². The first-order valence-corrected chi connectivity index (χ1v) is 6.46. The highest BCUT2D eigenvalue weighted by Gasteiger charge is 2.10. The zero-order chi connectivity index (χ0) is 14.1. The first kappa shape index (κ1) is 12.8. The molecule has 0 bridgehead atoms. The highest BCUT2D eigenvalue weighted by molar-refractivity contribution is 6.30. The average molecular weight is 289 g/mol. The van der Waals surface area contributed by atoms with Crippen molar-refractivity contribution >= 4 is 22.6 Å². The number of rotatable bonds is 3. The number of imidazole rings is 1. The molecule has 20 heavy (non-hydrogen) atoms. The molecular formula is C15H13ClN2O2. The van der Waals surface area contributed by atoms with Crippen LogP contribution in [0.2, 0.25) is 5.02 Å². The second kappa shape index (κ2) is 5.06. The maximum absolute atomic E-state index is 5.89. The molecule has 3 aromatic rings. The molecule has 0 atom stereocenters. The maximum atomic E-state index is 5.89. The zero-order valence-electron chi connectivity index (χ0n) is 11.1. The maximum Gasteiger partial charge on any atom is 0.163 e. The van der Waals surface area contributed by atoms with E-state index >= 15 is 0 Å². The molecule has 0 aliphatic heterocycles. The van der Waals surface area contributed by atoms with Crippen molar-refractivity contribution in [3.63, 3.8) is 0 Å². The summed E-state index contributed by atoms with van der Waals surface area (Å²) in [6.07, 6.45) is 0. The minimum Gasteiger partial charge on any atom is -0.493 e. The summed E-state index contributed by atoms with van der Waals surface area (Å²) >= 11 is 5.89. The van der Waals surface area contributed by atoms with Gasteiger partial charge in [0.2, 0.25) is 0 Å². The number of halogens is 1. The fraction of sp³-hybridized carbons (Fsp3) is 0.133. The Morgan fingerprint density at radius 1 is 1.00 bits per heavy atom. The fourth-order valence-corrected chi connectivity index (χ4v) is 2.21. The quantitative estimate of drug-likeness (QED) is 0.795. The summed E-state index contributed by atoms with van der Waals surface area (Å²) < 4.78 is 10.6. The predicted molar refractivity (Wildman–Crippen MR) is 79.6 cm³/mol. The first-order chi connectivity index (χ1) is 9.71. The molecule has 1 heterocycles. The summed E-state index contributed by atoms with van der Waals surface area (Å²) in [7, 11) is 3.22. The largest absolute Gasteiger partial charge is 0.493 e. The molecule has 2 aromatic carbocycles. The van der Waals surface area contributed by atoms with E-state index in [0.29, 0.717) is 16.5 Å². The van der Waals surface area contributed by atoms with E-state index in [2.05, 4.69) is 9.97 Å². The number of benzene rings is 2. The number of ether oxygens (including phenoxy) is 2. The first-order valence-electron chi connectivity index (χ1n) is 6.09. The minimum atomic E-state index is 0.661. The van der Waals surface area contributed by atoms with Crippen LogP contribution < -0.4 is 9.47 Å². The second-order valence-electron chi connectivity index (χ2n) is 4.32. The van der Waals surface area contributed by atoms with Crippen LogP contribution in [0.1, 0.15) is 0 Å². The van der Waals surface area contributed by atoms with E-state index in [4.69, 9.17) is 21.1 Å². The van der Waals surface area contributed by atoms with E-state index in [0.717, 1.165) is 22.4 Å². The number of H-pyrrole nitrogens is 1. The van der Waals surface area contributed by atoms with Crippen molar-refractivity contribution in [3.8, 4) is 22.9 Å². The van der Waals surface area contributed by atoms with Gasteiger partial charge in [0, 0.05) is 22.7 Å². The number of aromatic amines is 1. The van der Waals surface area contributed by atoms with Crippen LogP contribution in [-0.2, 0) is 0 Å². The van der Waals surface area contributed by atoms with Gasteiger partial charge in [0.1, 0.15) is 5.82 Å². The van der Waals surface area contributed by atoms with E-state index in [1.54, 1.807) is 14.2 Å². The van der Waals surface area contributed by atoms with Gasteiger partial charge in [-0.2, -0.15) is 0 Å². The summed E-state index contributed by atoms with van der Waals surface area (Å²) in [6, 6.07) is 11.3. The van der Waals surface area contributed by atoms with Crippen molar-refractivity contribution < 1.29 is 9.47 Å². The molecule has 3 rings (SSSR count). The molecule has 0 unspecified atom stereocenters. The summed E-state index contributed by atoms with van der Waals surface area (Å²) in [5.74, 6) is 2.12. The molecular weight excluding hydrogens is 276 g/mol. The van der Waals surface area contributed by atoms with Gasteiger partial charge in [0.05, 0.1) is 25.3 Å². The predicted octanol–water partition coefficient (Wildman–Crippen LogP) is 3.90. The van der Waals surface area contributed by atoms with Crippen molar-refractivity contribution in [1.29, 1.82) is 0 Å². The molecule has 102 valence electrons. The van der Waals surface area contributed by atoms with Crippen LogP contribution in [0.25, 0.3) is 22.4 Å². The van der Waals surface area contributed by atoms with Gasteiger partial charge in [0.15, 0.2) is 11.5 Å². The summed E-state index contributed by atoms with van der Waals surface area (Å²) in [5, 5.41) is 0.702. The lowest BCUT2D eigenvalue weighted by molar-refractivity contribution is 0.356. The number of aromatic nitrogens is 2. The van der Waals surface area contributed by atoms with Crippen LogP contribution in [0.5, 0.6) is 11.5 Å². The summed E-state index contributed by atoms with van der Waals surface area (Å²) in [4.78, 5) is 7.83. The third-order valence-electron chi connectivity index (χ3n) is 3.10. The molecule has 1 N–H and O–H groups in total. The molecule has 5 heteroatoms. The lowest BCUT2D eigenvalue weighted by Gasteiger charge is -2.06. The lowest BCUT2D eigenvalue weighted by Crippen LogP contribution is -1.89. The Kier molecular flexibility index (Phi) is 3.24. The van der Waals surface area contributed by atoms with Gasteiger partial charge >= 0.3 is 0 Å². The topological polar surface area (TPSA) is 47.1 Å². The Bertz CT molecular complexity index is 709.